The first-order valence-electron chi connectivity index (χ1n) is 13.9. The normalized spacial score (nSPS) is 10.1. The smallest absolute Gasteiger partial charge is 0.501 e. The number of rotatable bonds is 3. The van der Waals surface area contributed by atoms with E-state index < -0.39 is 0 Å². The van der Waals surface area contributed by atoms with Gasteiger partial charge in [0.2, 0.25) is 0 Å². The zero-order valence-electron chi connectivity index (χ0n) is 23.6. The van der Waals surface area contributed by atoms with Crippen molar-refractivity contribution in [2.24, 2.45) is 0 Å². The molecular formula is C39H26IrN3O. The third-order valence-electron chi connectivity index (χ3n) is 6.56. The van der Waals surface area contributed by atoms with Crippen LogP contribution in [0.15, 0.2) is 163 Å². The first kappa shape index (κ1) is 30.2. The summed E-state index contributed by atoms with van der Waals surface area (Å²) in [7, 11) is 0. The molecular weight excluding hydrogens is 719 g/mol. The Morgan fingerprint density at radius 3 is 1.48 bits per heavy atom. The van der Waals surface area contributed by atoms with Crippen molar-refractivity contribution in [3.05, 3.63) is 176 Å². The Kier molecular flexibility index (Phi) is 10.5. The summed E-state index contributed by atoms with van der Waals surface area (Å²) in [6.45, 7) is 0. The van der Waals surface area contributed by atoms with E-state index >= 15 is 0 Å². The molecule has 4 heterocycles. The van der Waals surface area contributed by atoms with Crippen LogP contribution in [0.4, 0.5) is 0 Å². The van der Waals surface area contributed by atoms with Gasteiger partial charge in [0.05, 0.1) is 5.58 Å². The van der Waals surface area contributed by atoms with Gasteiger partial charge in [0, 0.05) is 24.0 Å². The molecule has 0 amide bonds. The first-order chi connectivity index (χ1) is 21.4. The van der Waals surface area contributed by atoms with Crippen molar-refractivity contribution < 1.29 is 24.5 Å². The average Bonchev–Trinajstić information content (AvgIpc) is 3.50. The fourth-order valence-corrected chi connectivity index (χ4v) is 4.54. The number of pyridine rings is 3. The quantitative estimate of drug-likeness (QED) is 0.169. The van der Waals surface area contributed by atoms with Gasteiger partial charge in [-0.25, -0.2) is 0 Å². The Morgan fingerprint density at radius 1 is 0.432 bits per heavy atom. The van der Waals surface area contributed by atoms with Gasteiger partial charge in [-0.15, -0.1) is 90.0 Å². The number of benzene rings is 4. The minimum absolute atomic E-state index is 0. The Labute approximate surface area is 270 Å². The van der Waals surface area contributed by atoms with E-state index in [2.05, 4.69) is 39.2 Å². The second kappa shape index (κ2) is 15.3. The van der Waals surface area contributed by atoms with Crippen molar-refractivity contribution in [1.29, 1.82) is 0 Å². The van der Waals surface area contributed by atoms with Crippen LogP contribution in [-0.4, -0.2) is 15.0 Å². The molecule has 4 nitrogen and oxygen atoms in total. The molecule has 0 unspecified atom stereocenters. The molecule has 212 valence electrons. The number of para-hydroxylation sites is 1. The summed E-state index contributed by atoms with van der Waals surface area (Å²) in [4.78, 5) is 12.8. The van der Waals surface area contributed by atoms with Crippen LogP contribution >= 0.6 is 0 Å². The second-order valence-corrected chi connectivity index (χ2v) is 9.39. The molecule has 4 aromatic heterocycles. The monoisotopic (exact) mass is 745 g/mol. The van der Waals surface area contributed by atoms with Crippen LogP contribution in [0.2, 0.25) is 0 Å². The van der Waals surface area contributed by atoms with Crippen LogP contribution < -0.4 is 0 Å². The molecule has 0 saturated carbocycles. The summed E-state index contributed by atoms with van der Waals surface area (Å²) < 4.78 is 5.97. The van der Waals surface area contributed by atoms with Gasteiger partial charge in [-0.05, 0) is 41.3 Å². The molecule has 0 radical (unpaired) electrons. The van der Waals surface area contributed by atoms with Crippen molar-refractivity contribution in [3.8, 4) is 33.8 Å². The molecule has 0 aliphatic rings. The molecule has 0 fully saturated rings. The zero-order valence-corrected chi connectivity index (χ0v) is 26.0. The maximum Gasteiger partial charge on any atom is 3.00 e. The number of aromatic nitrogens is 3. The molecule has 0 N–H and O–H groups in total. The number of hydrogen-bond donors (Lipinski definition) is 0. The van der Waals surface area contributed by atoms with Crippen LogP contribution in [0.1, 0.15) is 0 Å². The van der Waals surface area contributed by atoms with E-state index in [9.17, 15) is 0 Å². The topological polar surface area (TPSA) is 51.8 Å². The van der Waals surface area contributed by atoms with Crippen LogP contribution in [0, 0.1) is 18.2 Å². The number of nitrogens with zero attached hydrogens (tertiary/aromatic N) is 3. The SMILES string of the molecule is [Ir+3].[c-]1ccc2c(oc3ccccc32)c1-c1ccccn1.[c-]1ccccc1-c1ccccn1.[c-]1ccccc1-c1ccccn1. The third-order valence-corrected chi connectivity index (χ3v) is 6.56. The van der Waals surface area contributed by atoms with E-state index in [-0.39, 0.29) is 20.1 Å². The fourth-order valence-electron chi connectivity index (χ4n) is 4.54. The molecule has 5 heteroatoms. The molecule has 44 heavy (non-hydrogen) atoms. The van der Waals surface area contributed by atoms with Crippen molar-refractivity contribution in [2.45, 2.75) is 0 Å². The Balaban J connectivity index is 0.000000135. The summed E-state index contributed by atoms with van der Waals surface area (Å²) in [6, 6.07) is 54.7. The van der Waals surface area contributed by atoms with E-state index in [0.29, 0.717) is 0 Å². The van der Waals surface area contributed by atoms with E-state index in [0.717, 1.165) is 55.7 Å². The zero-order chi connectivity index (χ0) is 29.1. The van der Waals surface area contributed by atoms with E-state index in [1.807, 2.05) is 133 Å². The predicted octanol–water partition coefficient (Wildman–Crippen LogP) is 9.54. The van der Waals surface area contributed by atoms with Crippen LogP contribution in [0.5, 0.6) is 0 Å². The Hall–Kier alpha value is -5.22. The summed E-state index contributed by atoms with van der Waals surface area (Å²) >= 11 is 0. The summed E-state index contributed by atoms with van der Waals surface area (Å²) in [5.41, 5.74) is 7.56. The van der Waals surface area contributed by atoms with Crippen molar-refractivity contribution in [1.82, 2.24) is 15.0 Å². The van der Waals surface area contributed by atoms with E-state index in [4.69, 9.17) is 4.42 Å². The summed E-state index contributed by atoms with van der Waals surface area (Å²) in [5, 5.41) is 2.23. The number of furan rings is 1. The van der Waals surface area contributed by atoms with Gasteiger partial charge in [-0.3, -0.25) is 0 Å². The first-order valence-corrected chi connectivity index (χ1v) is 13.9. The molecule has 0 aliphatic carbocycles. The minimum atomic E-state index is 0. The molecule has 0 bridgehead atoms. The Morgan fingerprint density at radius 2 is 0.955 bits per heavy atom. The van der Waals surface area contributed by atoms with Crippen molar-refractivity contribution in [2.75, 3.05) is 0 Å². The van der Waals surface area contributed by atoms with E-state index in [1.54, 1.807) is 18.6 Å². The largest absolute Gasteiger partial charge is 3.00 e. The standard InChI is InChI=1S/C17H10NO.2C11H8N.Ir/c1-2-10-16-12(6-1)13-7-5-8-14(17(13)19-16)15-9-3-4-11-18-15;2*1-2-6-10(7-3-1)11-8-4-5-9-12-11;/h1-7,9-11H;2*1-6,8-9H;/q3*-1;+3. The Bertz CT molecular complexity index is 1850. The van der Waals surface area contributed by atoms with Gasteiger partial charge < -0.3 is 19.4 Å². The summed E-state index contributed by atoms with van der Waals surface area (Å²) in [6.07, 6.45) is 5.36. The average molecular weight is 745 g/mol. The van der Waals surface area contributed by atoms with Crippen molar-refractivity contribution in [3.63, 3.8) is 0 Å². The third kappa shape index (κ3) is 7.40. The molecule has 0 spiro atoms. The van der Waals surface area contributed by atoms with Crippen molar-refractivity contribution >= 4 is 21.9 Å². The molecule has 0 aliphatic heterocycles. The van der Waals surface area contributed by atoms with Gasteiger partial charge in [-0.2, -0.15) is 0 Å². The van der Waals surface area contributed by atoms with Crippen LogP contribution in [0.3, 0.4) is 0 Å². The molecule has 0 atom stereocenters. The number of hydrogen-bond acceptors (Lipinski definition) is 4. The predicted molar refractivity (Wildman–Crippen MR) is 173 cm³/mol. The maximum absolute atomic E-state index is 5.97. The van der Waals surface area contributed by atoms with Gasteiger partial charge in [0.15, 0.2) is 0 Å². The second-order valence-electron chi connectivity index (χ2n) is 9.39. The number of fused-ring (bicyclic) bond motifs is 3. The molecule has 8 aromatic rings. The van der Waals surface area contributed by atoms with Gasteiger partial charge in [0.1, 0.15) is 5.58 Å². The summed E-state index contributed by atoms with van der Waals surface area (Å²) in [5.74, 6) is 0. The van der Waals surface area contributed by atoms with Gasteiger partial charge in [0.25, 0.3) is 0 Å². The molecule has 4 aromatic carbocycles. The van der Waals surface area contributed by atoms with Gasteiger partial charge >= 0.3 is 20.1 Å². The van der Waals surface area contributed by atoms with Crippen LogP contribution in [-0.2, 0) is 20.1 Å². The fraction of sp³-hybridized carbons (Fsp3) is 0. The maximum atomic E-state index is 5.97. The molecule has 8 rings (SSSR count). The minimum Gasteiger partial charge on any atom is -0.501 e. The van der Waals surface area contributed by atoms with E-state index in [1.165, 1.54) is 0 Å². The molecule has 0 saturated heterocycles. The van der Waals surface area contributed by atoms with Crippen LogP contribution in [0.25, 0.3) is 55.7 Å². The van der Waals surface area contributed by atoms with Gasteiger partial charge in [-0.1, -0.05) is 65.5 Å².